The molecular weight excluding hydrogens is 296 g/mol. The molecule has 0 heterocycles. The highest BCUT2D eigenvalue weighted by molar-refractivity contribution is 5.66. The van der Waals surface area contributed by atoms with E-state index in [-0.39, 0.29) is 0 Å². The molecule has 2 heteroatoms. The summed E-state index contributed by atoms with van der Waals surface area (Å²) in [6.07, 6.45) is 21.4. The van der Waals surface area contributed by atoms with Crippen LogP contribution < -0.4 is 0 Å². The van der Waals surface area contributed by atoms with Crippen molar-refractivity contribution in [2.24, 2.45) is 29.6 Å². The van der Waals surface area contributed by atoms with Crippen LogP contribution >= 0.6 is 0 Å². The molecule has 0 atom stereocenters. The smallest absolute Gasteiger partial charge is 0.303 e. The normalized spacial score (nSPS) is 33.9. The predicted molar refractivity (Wildman–Crippen MR) is 99.0 cm³/mol. The molecule has 0 spiro atoms. The molecule has 4 aliphatic carbocycles. The van der Waals surface area contributed by atoms with Gasteiger partial charge in [-0.2, -0.15) is 0 Å². The van der Waals surface area contributed by atoms with E-state index in [0.29, 0.717) is 6.42 Å². The van der Waals surface area contributed by atoms with Crippen molar-refractivity contribution in [1.82, 2.24) is 0 Å². The zero-order chi connectivity index (χ0) is 16.8. The van der Waals surface area contributed by atoms with Crippen molar-refractivity contribution in [1.29, 1.82) is 0 Å². The van der Waals surface area contributed by atoms with E-state index >= 15 is 0 Å². The Labute approximate surface area is 148 Å². The van der Waals surface area contributed by atoms with Crippen molar-refractivity contribution >= 4 is 5.97 Å². The van der Waals surface area contributed by atoms with E-state index in [2.05, 4.69) is 0 Å². The molecule has 2 nitrogen and oxygen atoms in total. The fraction of sp³-hybridized carbons (Fsp3) is 0.955. The van der Waals surface area contributed by atoms with Gasteiger partial charge in [0, 0.05) is 6.42 Å². The van der Waals surface area contributed by atoms with Crippen molar-refractivity contribution in [3.8, 4) is 0 Å². The van der Waals surface area contributed by atoms with Gasteiger partial charge in [-0.3, -0.25) is 4.79 Å². The number of carboxylic acid groups (broad SMARTS) is 1. The maximum absolute atomic E-state index is 10.4. The lowest BCUT2D eigenvalue weighted by molar-refractivity contribution is -0.137. The molecule has 0 aromatic rings. The Kier molecular flexibility index (Phi) is 7.04. The van der Waals surface area contributed by atoms with Gasteiger partial charge < -0.3 is 5.11 Å². The third-order valence-electron chi connectivity index (χ3n) is 7.35. The van der Waals surface area contributed by atoms with Crippen LogP contribution in [0.15, 0.2) is 0 Å². The van der Waals surface area contributed by atoms with E-state index in [1.165, 1.54) is 51.4 Å². The molecule has 0 saturated heterocycles. The lowest BCUT2D eigenvalue weighted by Gasteiger charge is -2.54. The number of hydrogen-bond donors (Lipinski definition) is 1. The Bertz CT molecular complexity index is 361. The number of carboxylic acids is 1. The summed E-state index contributed by atoms with van der Waals surface area (Å²) < 4.78 is 0. The Balaban J connectivity index is 1.15. The van der Waals surface area contributed by atoms with Gasteiger partial charge in [0.1, 0.15) is 0 Å². The average molecular weight is 335 g/mol. The minimum atomic E-state index is -0.644. The highest BCUT2D eigenvalue weighted by Gasteiger charge is 2.47. The first kappa shape index (κ1) is 18.3. The molecule has 0 amide bonds. The molecular formula is C22H38O2. The van der Waals surface area contributed by atoms with Gasteiger partial charge in [-0.1, -0.05) is 51.4 Å². The van der Waals surface area contributed by atoms with Crippen LogP contribution in [0.5, 0.6) is 0 Å². The number of unbranched alkanes of at least 4 members (excludes halogenated alkanes) is 8. The van der Waals surface area contributed by atoms with Crippen LogP contribution in [-0.4, -0.2) is 11.1 Å². The molecule has 4 fully saturated rings. The summed E-state index contributed by atoms with van der Waals surface area (Å²) in [6, 6.07) is 0. The fourth-order valence-corrected chi connectivity index (χ4v) is 6.40. The first-order valence-corrected chi connectivity index (χ1v) is 10.9. The van der Waals surface area contributed by atoms with Gasteiger partial charge >= 0.3 is 5.97 Å². The van der Waals surface area contributed by atoms with Crippen LogP contribution in [0, 0.1) is 29.6 Å². The second kappa shape index (κ2) is 9.25. The maximum atomic E-state index is 10.4. The van der Waals surface area contributed by atoms with Gasteiger partial charge in [0.15, 0.2) is 0 Å². The molecule has 0 aromatic heterocycles. The van der Waals surface area contributed by atoms with Gasteiger partial charge in [0.05, 0.1) is 0 Å². The van der Waals surface area contributed by atoms with Crippen LogP contribution in [0.2, 0.25) is 0 Å². The summed E-state index contributed by atoms with van der Waals surface area (Å²) in [5.41, 5.74) is 0. The summed E-state index contributed by atoms with van der Waals surface area (Å²) in [6.45, 7) is 0. The molecule has 24 heavy (non-hydrogen) atoms. The fourth-order valence-electron chi connectivity index (χ4n) is 6.40. The topological polar surface area (TPSA) is 37.3 Å². The van der Waals surface area contributed by atoms with E-state index in [4.69, 9.17) is 5.11 Å². The van der Waals surface area contributed by atoms with E-state index in [1.807, 2.05) is 0 Å². The van der Waals surface area contributed by atoms with Crippen LogP contribution in [0.25, 0.3) is 0 Å². The highest BCUT2D eigenvalue weighted by atomic mass is 16.4. The highest BCUT2D eigenvalue weighted by Crippen LogP contribution is 2.57. The summed E-state index contributed by atoms with van der Waals surface area (Å²) in [7, 11) is 0. The number of rotatable bonds is 12. The van der Waals surface area contributed by atoms with Crippen molar-refractivity contribution in [3.63, 3.8) is 0 Å². The zero-order valence-corrected chi connectivity index (χ0v) is 15.6. The SMILES string of the molecule is O=C(O)CCCCCCCCCCCC1C2CC3CC(C2)CC1C3. The van der Waals surface area contributed by atoms with E-state index in [1.54, 1.807) is 32.1 Å². The minimum Gasteiger partial charge on any atom is -0.481 e. The van der Waals surface area contributed by atoms with Crippen LogP contribution in [0.3, 0.4) is 0 Å². The maximum Gasteiger partial charge on any atom is 0.303 e. The monoisotopic (exact) mass is 334 g/mol. The van der Waals surface area contributed by atoms with Gasteiger partial charge in [0.25, 0.3) is 0 Å². The van der Waals surface area contributed by atoms with Gasteiger partial charge in [-0.05, 0) is 74.5 Å². The van der Waals surface area contributed by atoms with E-state index in [9.17, 15) is 4.79 Å². The van der Waals surface area contributed by atoms with Crippen LogP contribution in [-0.2, 0) is 4.79 Å². The Morgan fingerprint density at radius 2 is 1.12 bits per heavy atom. The Morgan fingerprint density at radius 3 is 1.62 bits per heavy atom. The lowest BCUT2D eigenvalue weighted by atomic mass is 9.51. The quantitative estimate of drug-likeness (QED) is 0.417. The third kappa shape index (κ3) is 5.23. The summed E-state index contributed by atoms with van der Waals surface area (Å²) in [4.78, 5) is 10.4. The molecule has 0 unspecified atom stereocenters. The van der Waals surface area contributed by atoms with Gasteiger partial charge in [-0.15, -0.1) is 0 Å². The predicted octanol–water partition coefficient (Wildman–Crippen LogP) is 6.43. The van der Waals surface area contributed by atoms with Crippen LogP contribution in [0.4, 0.5) is 0 Å². The molecule has 0 aromatic carbocycles. The summed E-state index contributed by atoms with van der Waals surface area (Å²) >= 11 is 0. The molecule has 4 aliphatic rings. The second-order valence-corrected chi connectivity index (χ2v) is 9.21. The number of aliphatic carboxylic acids is 1. The molecule has 4 rings (SSSR count). The summed E-state index contributed by atoms with van der Waals surface area (Å²) in [5, 5.41) is 8.60. The van der Waals surface area contributed by atoms with Crippen molar-refractivity contribution in [2.45, 2.75) is 103 Å². The van der Waals surface area contributed by atoms with Gasteiger partial charge in [0.2, 0.25) is 0 Å². The Morgan fingerprint density at radius 1 is 0.667 bits per heavy atom. The second-order valence-electron chi connectivity index (χ2n) is 9.21. The molecule has 0 radical (unpaired) electrons. The lowest BCUT2D eigenvalue weighted by Crippen LogP contribution is -2.44. The number of hydrogen-bond acceptors (Lipinski definition) is 1. The Hall–Kier alpha value is -0.530. The largest absolute Gasteiger partial charge is 0.481 e. The minimum absolute atomic E-state index is 0.352. The summed E-state index contributed by atoms with van der Waals surface area (Å²) in [5.74, 6) is 4.94. The van der Waals surface area contributed by atoms with Crippen LogP contribution in [0.1, 0.15) is 103 Å². The first-order chi connectivity index (χ1) is 11.7. The van der Waals surface area contributed by atoms with E-state index in [0.717, 1.165) is 42.4 Å². The zero-order valence-electron chi connectivity index (χ0n) is 15.6. The van der Waals surface area contributed by atoms with E-state index < -0.39 is 5.97 Å². The van der Waals surface area contributed by atoms with Crippen molar-refractivity contribution in [3.05, 3.63) is 0 Å². The van der Waals surface area contributed by atoms with Gasteiger partial charge in [-0.25, -0.2) is 0 Å². The first-order valence-electron chi connectivity index (χ1n) is 10.9. The van der Waals surface area contributed by atoms with Crippen molar-refractivity contribution in [2.75, 3.05) is 0 Å². The molecule has 1 N–H and O–H groups in total. The molecule has 138 valence electrons. The molecule has 4 bridgehead atoms. The third-order valence-corrected chi connectivity index (χ3v) is 7.35. The standard InChI is InChI=1S/C22H38O2/c23-22(24)11-9-7-5-3-1-2-4-6-8-10-21-19-13-17-12-18(15-19)16-20(21)14-17/h17-21H,1-16H2,(H,23,24). The molecule has 4 saturated carbocycles. The average Bonchev–Trinajstić information content (AvgIpc) is 2.53. The molecule has 0 aliphatic heterocycles. The number of carbonyl (C=O) groups is 1. The van der Waals surface area contributed by atoms with Crippen molar-refractivity contribution < 1.29 is 9.90 Å².